The third-order valence-corrected chi connectivity index (χ3v) is 6.10. The highest BCUT2D eigenvalue weighted by molar-refractivity contribution is 7.18. The summed E-state index contributed by atoms with van der Waals surface area (Å²) in [6.07, 6.45) is 8.36. The summed E-state index contributed by atoms with van der Waals surface area (Å²) in [5, 5.41) is 0.746. The molecule has 6 heteroatoms. The maximum Gasteiger partial charge on any atom is 0.309 e. The first-order chi connectivity index (χ1) is 11.2. The Kier molecular flexibility index (Phi) is 3.93. The number of ether oxygens (including phenoxy) is 1. The summed E-state index contributed by atoms with van der Waals surface area (Å²) in [6, 6.07) is 0. The van der Waals surface area contributed by atoms with Gasteiger partial charge in [0.25, 0.3) is 5.56 Å². The van der Waals surface area contributed by atoms with Crippen LogP contribution in [0.2, 0.25) is 0 Å². The second-order valence-corrected chi connectivity index (χ2v) is 7.58. The molecule has 2 aromatic rings. The van der Waals surface area contributed by atoms with Crippen LogP contribution in [0.15, 0.2) is 4.79 Å². The van der Waals surface area contributed by atoms with Gasteiger partial charge in [0, 0.05) is 4.88 Å². The standard InChI is InChI=1S/C17H20N2O3S/c20-15-14-11-7-3-4-8-12(11)23-16(14)19-13(18-15)9-22-17(21)10-5-1-2-6-10/h10H,1-9H2,(H,18,19,20). The topological polar surface area (TPSA) is 72.0 Å². The highest BCUT2D eigenvalue weighted by Gasteiger charge is 2.24. The Bertz CT molecular complexity index is 802. The van der Waals surface area contributed by atoms with E-state index in [-0.39, 0.29) is 24.1 Å². The minimum absolute atomic E-state index is 0.0273. The van der Waals surface area contributed by atoms with E-state index in [1.54, 1.807) is 11.3 Å². The molecular formula is C17H20N2O3S. The van der Waals surface area contributed by atoms with Gasteiger partial charge in [0.1, 0.15) is 17.3 Å². The lowest BCUT2D eigenvalue weighted by atomic mass is 9.97. The minimum atomic E-state index is -0.157. The molecule has 1 fully saturated rings. The predicted octanol–water partition coefficient (Wildman–Crippen LogP) is 3.10. The fourth-order valence-corrected chi connectivity index (χ4v) is 4.98. The van der Waals surface area contributed by atoms with Gasteiger partial charge in [0.2, 0.25) is 0 Å². The number of fused-ring (bicyclic) bond motifs is 3. The molecule has 0 atom stereocenters. The minimum Gasteiger partial charge on any atom is -0.457 e. The molecule has 1 saturated carbocycles. The Balaban J connectivity index is 1.56. The van der Waals surface area contributed by atoms with Gasteiger partial charge in [0.05, 0.1) is 11.3 Å². The number of rotatable bonds is 3. The Morgan fingerprint density at radius 2 is 2.00 bits per heavy atom. The van der Waals surface area contributed by atoms with E-state index in [0.717, 1.165) is 55.2 Å². The molecule has 0 unspecified atom stereocenters. The van der Waals surface area contributed by atoms with Gasteiger partial charge in [0.15, 0.2) is 0 Å². The fourth-order valence-electron chi connectivity index (χ4n) is 3.70. The largest absolute Gasteiger partial charge is 0.457 e. The van der Waals surface area contributed by atoms with E-state index in [1.807, 2.05) is 0 Å². The van der Waals surface area contributed by atoms with Crippen molar-refractivity contribution in [3.05, 3.63) is 26.6 Å². The van der Waals surface area contributed by atoms with E-state index in [2.05, 4.69) is 9.97 Å². The Hall–Kier alpha value is -1.69. The summed E-state index contributed by atoms with van der Waals surface area (Å²) in [4.78, 5) is 33.8. The van der Waals surface area contributed by atoms with Crippen molar-refractivity contribution in [3.63, 3.8) is 0 Å². The van der Waals surface area contributed by atoms with E-state index in [9.17, 15) is 9.59 Å². The summed E-state index contributed by atoms with van der Waals surface area (Å²) in [7, 11) is 0. The monoisotopic (exact) mass is 332 g/mol. The molecular weight excluding hydrogens is 312 g/mol. The summed E-state index contributed by atoms with van der Waals surface area (Å²) >= 11 is 1.62. The molecule has 23 heavy (non-hydrogen) atoms. The van der Waals surface area contributed by atoms with Crippen LogP contribution < -0.4 is 5.56 Å². The van der Waals surface area contributed by atoms with Crippen molar-refractivity contribution in [2.75, 3.05) is 0 Å². The van der Waals surface area contributed by atoms with Gasteiger partial charge in [-0.1, -0.05) is 12.8 Å². The number of aromatic nitrogens is 2. The Morgan fingerprint density at radius 1 is 1.22 bits per heavy atom. The van der Waals surface area contributed by atoms with E-state index >= 15 is 0 Å². The van der Waals surface area contributed by atoms with E-state index in [1.165, 1.54) is 16.9 Å². The summed E-state index contributed by atoms with van der Waals surface area (Å²) in [6.45, 7) is 0.0586. The number of aromatic amines is 1. The van der Waals surface area contributed by atoms with Crippen LogP contribution in [0.4, 0.5) is 0 Å². The van der Waals surface area contributed by atoms with Gasteiger partial charge < -0.3 is 9.72 Å². The number of H-pyrrole nitrogens is 1. The van der Waals surface area contributed by atoms with Crippen molar-refractivity contribution >= 4 is 27.5 Å². The molecule has 0 aromatic carbocycles. The molecule has 0 aliphatic heterocycles. The normalized spacial score (nSPS) is 18.3. The summed E-state index contributed by atoms with van der Waals surface area (Å²) in [5.41, 5.74) is 1.08. The average Bonchev–Trinajstić information content (AvgIpc) is 3.19. The van der Waals surface area contributed by atoms with Crippen LogP contribution in [-0.4, -0.2) is 15.9 Å². The van der Waals surface area contributed by atoms with Crippen LogP contribution >= 0.6 is 11.3 Å². The molecule has 2 aliphatic rings. The van der Waals surface area contributed by atoms with Gasteiger partial charge in [-0.15, -0.1) is 11.3 Å². The van der Waals surface area contributed by atoms with Gasteiger partial charge >= 0.3 is 5.97 Å². The summed E-state index contributed by atoms with van der Waals surface area (Å²) in [5.74, 6) is 0.322. The van der Waals surface area contributed by atoms with Gasteiger partial charge in [-0.3, -0.25) is 9.59 Å². The maximum absolute atomic E-state index is 12.4. The van der Waals surface area contributed by atoms with Crippen molar-refractivity contribution < 1.29 is 9.53 Å². The molecule has 0 saturated heterocycles. The number of nitrogens with one attached hydrogen (secondary N) is 1. The van der Waals surface area contributed by atoms with E-state index < -0.39 is 0 Å². The molecule has 2 aromatic heterocycles. The fraction of sp³-hybridized carbons (Fsp3) is 0.588. The zero-order chi connectivity index (χ0) is 15.8. The quantitative estimate of drug-likeness (QED) is 0.877. The first-order valence-electron chi connectivity index (χ1n) is 8.42. The van der Waals surface area contributed by atoms with E-state index in [0.29, 0.717) is 5.82 Å². The van der Waals surface area contributed by atoms with Crippen LogP contribution in [-0.2, 0) is 29.0 Å². The number of carbonyl (C=O) groups excluding carboxylic acids is 1. The maximum atomic E-state index is 12.4. The number of nitrogens with zero attached hydrogens (tertiary/aromatic N) is 1. The molecule has 0 radical (unpaired) electrons. The van der Waals surface area contributed by atoms with Gasteiger partial charge in [-0.2, -0.15) is 0 Å². The van der Waals surface area contributed by atoms with Crippen molar-refractivity contribution in [2.24, 2.45) is 5.92 Å². The number of aryl methyl sites for hydroxylation is 2. The second-order valence-electron chi connectivity index (χ2n) is 6.49. The van der Waals surface area contributed by atoms with Crippen LogP contribution in [0.1, 0.15) is 54.8 Å². The molecule has 4 rings (SSSR count). The van der Waals surface area contributed by atoms with Crippen molar-refractivity contribution in [1.82, 2.24) is 9.97 Å². The van der Waals surface area contributed by atoms with Crippen molar-refractivity contribution in [2.45, 2.75) is 58.0 Å². The predicted molar refractivity (Wildman–Crippen MR) is 88.6 cm³/mol. The van der Waals surface area contributed by atoms with Crippen LogP contribution in [0, 0.1) is 5.92 Å². The van der Waals surface area contributed by atoms with Crippen molar-refractivity contribution in [3.8, 4) is 0 Å². The number of esters is 1. The first kappa shape index (κ1) is 14.9. The van der Waals surface area contributed by atoms with Crippen LogP contribution in [0.5, 0.6) is 0 Å². The highest BCUT2D eigenvalue weighted by Crippen LogP contribution is 2.33. The average molecular weight is 332 g/mol. The molecule has 1 N–H and O–H groups in total. The molecule has 0 bridgehead atoms. The number of carbonyl (C=O) groups is 1. The molecule has 0 amide bonds. The Morgan fingerprint density at radius 3 is 2.83 bits per heavy atom. The Labute approximate surface area is 138 Å². The first-order valence-corrected chi connectivity index (χ1v) is 9.24. The highest BCUT2D eigenvalue weighted by atomic mass is 32.1. The van der Waals surface area contributed by atoms with Crippen molar-refractivity contribution in [1.29, 1.82) is 0 Å². The number of thiophene rings is 1. The third-order valence-electron chi connectivity index (χ3n) is 4.91. The third kappa shape index (κ3) is 2.80. The molecule has 122 valence electrons. The lowest BCUT2D eigenvalue weighted by Gasteiger charge is -2.10. The van der Waals surface area contributed by atoms with Crippen LogP contribution in [0.25, 0.3) is 10.2 Å². The molecule has 2 heterocycles. The second kappa shape index (κ2) is 6.07. The zero-order valence-corrected chi connectivity index (χ0v) is 13.8. The number of hydrogen-bond donors (Lipinski definition) is 1. The van der Waals surface area contributed by atoms with E-state index in [4.69, 9.17) is 4.74 Å². The smallest absolute Gasteiger partial charge is 0.309 e. The molecule has 2 aliphatic carbocycles. The summed E-state index contributed by atoms with van der Waals surface area (Å²) < 4.78 is 5.35. The lowest BCUT2D eigenvalue weighted by Crippen LogP contribution is -2.18. The molecule has 5 nitrogen and oxygen atoms in total. The number of hydrogen-bond acceptors (Lipinski definition) is 5. The van der Waals surface area contributed by atoms with Gasteiger partial charge in [-0.25, -0.2) is 4.98 Å². The van der Waals surface area contributed by atoms with Crippen LogP contribution in [0.3, 0.4) is 0 Å². The SMILES string of the molecule is O=C(OCc1nc2sc3c(c2c(=O)[nH]1)CCCC3)C1CCCC1. The lowest BCUT2D eigenvalue weighted by molar-refractivity contribution is -0.149. The zero-order valence-electron chi connectivity index (χ0n) is 13.0. The molecule has 0 spiro atoms. The van der Waals surface area contributed by atoms with Gasteiger partial charge in [-0.05, 0) is 44.1 Å².